The summed E-state index contributed by atoms with van der Waals surface area (Å²) in [6, 6.07) is 18.8. The Hall–Kier alpha value is -2.96. The van der Waals surface area contributed by atoms with Crippen molar-refractivity contribution in [3.05, 3.63) is 77.3 Å². The van der Waals surface area contributed by atoms with Gasteiger partial charge in [-0.15, -0.1) is 11.3 Å². The van der Waals surface area contributed by atoms with Crippen molar-refractivity contribution in [2.45, 2.75) is 31.8 Å². The minimum Gasteiger partial charge on any atom is -0.347 e. The fourth-order valence-electron chi connectivity index (χ4n) is 4.77. The molecule has 1 aromatic carbocycles. The molecule has 1 aliphatic rings. The normalized spacial score (nSPS) is 16.4. The second-order valence-electron chi connectivity index (χ2n) is 8.26. The highest BCUT2D eigenvalue weighted by atomic mass is 32.1. The molecule has 4 aromatic rings. The molecule has 0 unspecified atom stereocenters. The van der Waals surface area contributed by atoms with Gasteiger partial charge in [0.25, 0.3) is 0 Å². The summed E-state index contributed by atoms with van der Waals surface area (Å²) in [7, 11) is 0. The molecule has 0 bridgehead atoms. The number of aromatic amines is 1. The number of thiophene rings is 1. The average Bonchev–Trinajstić information content (AvgIpc) is 3.44. The molecule has 0 radical (unpaired) electrons. The predicted octanol–water partition coefficient (Wildman–Crippen LogP) is 4.92. The second-order valence-corrected chi connectivity index (χ2v) is 9.21. The highest BCUT2D eigenvalue weighted by Gasteiger charge is 2.37. The number of rotatable bonds is 5. The van der Waals surface area contributed by atoms with Crippen LogP contribution < -0.4 is 5.32 Å². The first kappa shape index (κ1) is 20.0. The predicted molar refractivity (Wildman–Crippen MR) is 126 cm³/mol. The molecular formula is C25H26N4OS. The Labute approximate surface area is 186 Å². The summed E-state index contributed by atoms with van der Waals surface area (Å²) in [6.45, 7) is 4.32. The van der Waals surface area contributed by atoms with Crippen LogP contribution in [0.15, 0.2) is 66.2 Å². The van der Waals surface area contributed by atoms with Gasteiger partial charge < -0.3 is 10.3 Å². The summed E-state index contributed by atoms with van der Waals surface area (Å²) in [5.74, 6) is 0.0278. The quantitative estimate of drug-likeness (QED) is 0.472. The molecule has 1 saturated heterocycles. The largest absolute Gasteiger partial charge is 0.347 e. The van der Waals surface area contributed by atoms with Gasteiger partial charge in [0.05, 0.1) is 16.1 Å². The number of fused-ring (bicyclic) bond motifs is 1. The number of carbonyl (C=O) groups is 1. The fraction of sp³-hybridized carbons (Fsp3) is 0.280. The lowest BCUT2D eigenvalue weighted by molar-refractivity contribution is -0.121. The topological polar surface area (TPSA) is 61.0 Å². The van der Waals surface area contributed by atoms with Gasteiger partial charge in [-0.2, -0.15) is 0 Å². The second kappa shape index (κ2) is 8.29. The van der Waals surface area contributed by atoms with Crippen molar-refractivity contribution in [2.24, 2.45) is 0 Å². The Balaban J connectivity index is 1.41. The van der Waals surface area contributed by atoms with Crippen LogP contribution in [-0.4, -0.2) is 33.9 Å². The van der Waals surface area contributed by atoms with Gasteiger partial charge in [-0.3, -0.25) is 9.69 Å². The summed E-state index contributed by atoms with van der Waals surface area (Å²) in [4.78, 5) is 23.8. The number of likely N-dealkylation sites (tertiary alicyclic amines) is 1. The van der Waals surface area contributed by atoms with E-state index in [2.05, 4.69) is 68.0 Å². The van der Waals surface area contributed by atoms with Crippen LogP contribution in [0, 0.1) is 0 Å². The summed E-state index contributed by atoms with van der Waals surface area (Å²) >= 11 is 1.75. The Bertz CT molecular complexity index is 1170. The van der Waals surface area contributed by atoms with E-state index in [9.17, 15) is 4.79 Å². The maximum atomic E-state index is 12.0. The maximum absolute atomic E-state index is 12.0. The SMILES string of the molecule is CC(=O)NC1(c2ccccc2)CCN(Cc2c(-c3cccs3)[nH]c3ncccc23)CC1. The number of pyridine rings is 1. The van der Waals surface area contributed by atoms with E-state index in [-0.39, 0.29) is 11.4 Å². The molecule has 2 N–H and O–H groups in total. The van der Waals surface area contributed by atoms with Crippen LogP contribution in [0.5, 0.6) is 0 Å². The van der Waals surface area contributed by atoms with Gasteiger partial charge in [-0.25, -0.2) is 4.98 Å². The van der Waals surface area contributed by atoms with E-state index >= 15 is 0 Å². The van der Waals surface area contributed by atoms with Gasteiger partial charge in [0, 0.05) is 43.7 Å². The third-order valence-electron chi connectivity index (χ3n) is 6.28. The standard InChI is InChI=1S/C25H26N4OS/c1-18(30)28-25(19-7-3-2-4-8-19)11-14-29(15-12-25)17-21-20-9-5-13-26-24(20)27-23(21)22-10-6-16-31-22/h2-10,13,16H,11-12,14-15,17H2,1H3,(H,26,27)(H,28,30). The first-order valence-corrected chi connectivity index (χ1v) is 11.6. The van der Waals surface area contributed by atoms with Crippen molar-refractivity contribution < 1.29 is 4.79 Å². The van der Waals surface area contributed by atoms with Crippen LogP contribution in [0.3, 0.4) is 0 Å². The zero-order chi connectivity index (χ0) is 21.3. The van der Waals surface area contributed by atoms with Crippen LogP contribution in [-0.2, 0) is 16.9 Å². The maximum Gasteiger partial charge on any atom is 0.217 e. The number of H-pyrrole nitrogens is 1. The molecule has 0 saturated carbocycles. The van der Waals surface area contributed by atoms with Gasteiger partial charge in [0.2, 0.25) is 5.91 Å². The van der Waals surface area contributed by atoms with Crippen molar-refractivity contribution in [1.29, 1.82) is 0 Å². The molecule has 4 heterocycles. The van der Waals surface area contributed by atoms with Crippen molar-refractivity contribution in [3.8, 4) is 10.6 Å². The fourth-order valence-corrected chi connectivity index (χ4v) is 5.52. The van der Waals surface area contributed by atoms with Crippen LogP contribution in [0.25, 0.3) is 21.6 Å². The Kier molecular flexibility index (Phi) is 5.34. The van der Waals surface area contributed by atoms with Crippen molar-refractivity contribution in [1.82, 2.24) is 20.2 Å². The molecule has 0 spiro atoms. The molecule has 1 amide bonds. The smallest absolute Gasteiger partial charge is 0.217 e. The molecule has 0 aliphatic carbocycles. The number of aromatic nitrogens is 2. The van der Waals surface area contributed by atoms with E-state index < -0.39 is 0 Å². The number of hydrogen-bond donors (Lipinski definition) is 2. The van der Waals surface area contributed by atoms with E-state index in [0.29, 0.717) is 0 Å². The lowest BCUT2D eigenvalue weighted by atomic mass is 9.80. The summed E-state index contributed by atoms with van der Waals surface area (Å²) in [6.07, 6.45) is 3.63. The number of nitrogens with one attached hydrogen (secondary N) is 2. The third-order valence-corrected chi connectivity index (χ3v) is 7.17. The first-order valence-electron chi connectivity index (χ1n) is 10.7. The number of piperidine rings is 1. The van der Waals surface area contributed by atoms with Crippen LogP contribution in [0.2, 0.25) is 0 Å². The molecule has 5 nitrogen and oxygen atoms in total. The number of amides is 1. The van der Waals surface area contributed by atoms with E-state index in [1.807, 2.05) is 18.3 Å². The van der Waals surface area contributed by atoms with Gasteiger partial charge >= 0.3 is 0 Å². The van der Waals surface area contributed by atoms with Crippen LogP contribution in [0.4, 0.5) is 0 Å². The number of benzene rings is 1. The van der Waals surface area contributed by atoms with E-state index in [1.54, 1.807) is 18.3 Å². The zero-order valence-electron chi connectivity index (χ0n) is 17.6. The van der Waals surface area contributed by atoms with Gasteiger partial charge in [0.15, 0.2) is 0 Å². The lowest BCUT2D eigenvalue weighted by Gasteiger charge is -2.42. The summed E-state index contributed by atoms with van der Waals surface area (Å²) in [5, 5.41) is 6.57. The molecule has 5 rings (SSSR count). The highest BCUT2D eigenvalue weighted by Crippen LogP contribution is 2.36. The lowest BCUT2D eigenvalue weighted by Crippen LogP contribution is -2.52. The first-order chi connectivity index (χ1) is 15.1. The monoisotopic (exact) mass is 430 g/mol. The summed E-state index contributed by atoms with van der Waals surface area (Å²) in [5.41, 5.74) is 4.32. The van der Waals surface area contributed by atoms with Crippen LogP contribution >= 0.6 is 11.3 Å². The molecule has 0 atom stereocenters. The Morgan fingerprint density at radius 1 is 1.13 bits per heavy atom. The molecule has 1 aliphatic heterocycles. The zero-order valence-corrected chi connectivity index (χ0v) is 18.4. The summed E-state index contributed by atoms with van der Waals surface area (Å²) < 4.78 is 0. The minimum atomic E-state index is -0.290. The highest BCUT2D eigenvalue weighted by molar-refractivity contribution is 7.13. The molecule has 6 heteroatoms. The van der Waals surface area contributed by atoms with E-state index in [0.717, 1.165) is 38.1 Å². The van der Waals surface area contributed by atoms with Crippen molar-refractivity contribution >= 4 is 28.3 Å². The third kappa shape index (κ3) is 3.89. The van der Waals surface area contributed by atoms with Crippen molar-refractivity contribution in [3.63, 3.8) is 0 Å². The van der Waals surface area contributed by atoms with Gasteiger partial charge in [-0.05, 0) is 42.0 Å². The van der Waals surface area contributed by atoms with Crippen LogP contribution in [0.1, 0.15) is 30.9 Å². The number of nitrogens with zero attached hydrogens (tertiary/aromatic N) is 2. The Morgan fingerprint density at radius 2 is 1.94 bits per heavy atom. The minimum absolute atomic E-state index is 0.0278. The number of carbonyl (C=O) groups excluding carboxylic acids is 1. The van der Waals surface area contributed by atoms with E-state index in [4.69, 9.17) is 0 Å². The molecule has 31 heavy (non-hydrogen) atoms. The molecule has 158 valence electrons. The van der Waals surface area contributed by atoms with E-state index in [1.165, 1.54) is 27.1 Å². The number of hydrogen-bond acceptors (Lipinski definition) is 4. The molecule has 3 aromatic heterocycles. The molecule has 1 fully saturated rings. The Morgan fingerprint density at radius 3 is 2.65 bits per heavy atom. The average molecular weight is 431 g/mol. The van der Waals surface area contributed by atoms with Crippen molar-refractivity contribution in [2.75, 3.05) is 13.1 Å². The molecular weight excluding hydrogens is 404 g/mol. The van der Waals surface area contributed by atoms with Gasteiger partial charge in [-0.1, -0.05) is 36.4 Å². The van der Waals surface area contributed by atoms with Gasteiger partial charge in [0.1, 0.15) is 5.65 Å².